The molecule has 0 bridgehead atoms. The predicted molar refractivity (Wildman–Crippen MR) is 211 cm³/mol. The Morgan fingerprint density at radius 2 is 0.761 bits per heavy atom. The number of carboxylic acids is 3. The van der Waals surface area contributed by atoms with Crippen molar-refractivity contribution in [1.82, 2.24) is 36.0 Å². The van der Waals surface area contributed by atoms with Gasteiger partial charge in [0.05, 0.1) is 56.6 Å². The molecule has 0 aromatic heterocycles. The second kappa shape index (κ2) is 38.9. The van der Waals surface area contributed by atoms with E-state index in [4.69, 9.17) is 10.2 Å². The zero-order valence-corrected chi connectivity index (χ0v) is 38.0. The third kappa shape index (κ3) is 33.2. The van der Waals surface area contributed by atoms with Gasteiger partial charge in [0.2, 0.25) is 11.8 Å². The number of amides is 4. The monoisotopic (exact) mass is 1120 g/mol. The van der Waals surface area contributed by atoms with Crippen LogP contribution in [0.4, 0.5) is 0 Å². The van der Waals surface area contributed by atoms with Crippen LogP contribution in [-0.2, 0) is 43.2 Å². The van der Waals surface area contributed by atoms with Crippen molar-refractivity contribution in [2.24, 2.45) is 10.3 Å². The first-order valence-corrected chi connectivity index (χ1v) is 19.4. The molecule has 0 aromatic carbocycles. The number of nitrogens with zero attached hydrogens (tertiary/aromatic N) is 5. The van der Waals surface area contributed by atoms with Crippen molar-refractivity contribution in [3.05, 3.63) is 0 Å². The summed E-state index contributed by atoms with van der Waals surface area (Å²) >= 11 is 0. The molecule has 0 saturated carbocycles. The van der Waals surface area contributed by atoms with Crippen LogP contribution >= 0.6 is 0 Å². The third-order valence-electron chi connectivity index (χ3n) is 8.33. The van der Waals surface area contributed by atoms with Crippen LogP contribution in [0.25, 0.3) is 0 Å². The van der Waals surface area contributed by atoms with Crippen LogP contribution in [-0.4, -0.2) is 286 Å². The first-order valence-electron chi connectivity index (χ1n) is 19.4. The van der Waals surface area contributed by atoms with Crippen molar-refractivity contribution in [2.45, 2.75) is 48.8 Å². The summed E-state index contributed by atoms with van der Waals surface area (Å²) in [5.41, 5.74) is 0. The minimum absolute atomic E-state index is 0. The van der Waals surface area contributed by atoms with E-state index in [1.54, 1.807) is 0 Å². The van der Waals surface area contributed by atoms with Gasteiger partial charge in [0.1, 0.15) is 48.8 Å². The van der Waals surface area contributed by atoms with Gasteiger partial charge in [-0.1, -0.05) is 10.3 Å². The number of oxime groups is 2. The summed E-state index contributed by atoms with van der Waals surface area (Å²) < 4.78 is 0. The predicted octanol–water partition coefficient (Wildman–Crippen LogP) is -16.3. The topological polar surface area (TPSA) is 523 Å². The normalized spacial score (nSPS) is 15.0. The third-order valence-corrected chi connectivity index (χ3v) is 8.33. The number of aliphatic hydroxyl groups is 10. The van der Waals surface area contributed by atoms with Gasteiger partial charge in [0.25, 0.3) is 11.8 Å². The molecule has 0 fully saturated rings. The Morgan fingerprint density at radius 3 is 1.06 bits per heavy atom. The van der Waals surface area contributed by atoms with Crippen molar-refractivity contribution >= 4 is 54.0 Å². The second-order valence-electron chi connectivity index (χ2n) is 13.7. The van der Waals surface area contributed by atoms with E-state index in [1.807, 2.05) is 0 Å². The molecule has 67 heavy (non-hydrogen) atoms. The van der Waals surface area contributed by atoms with Gasteiger partial charge in [-0.05, 0) is 0 Å². The molecule has 16 N–H and O–H groups in total. The fourth-order valence-electron chi connectivity index (χ4n) is 4.89. The molecule has 0 aliphatic rings. The minimum Gasteiger partial charge on any atom is -0.549 e. The van der Waals surface area contributed by atoms with Crippen molar-refractivity contribution < 1.29 is 155 Å². The van der Waals surface area contributed by atoms with Gasteiger partial charge >= 0.3 is 39.9 Å². The van der Waals surface area contributed by atoms with E-state index in [9.17, 15) is 89.7 Å². The number of aliphatic hydroxyl groups excluding tert-OH is 10. The van der Waals surface area contributed by atoms with Gasteiger partial charge in [-0.25, -0.2) is 0 Å². The molecule has 32 nitrogen and oxygen atoms in total. The number of nitrogens with one attached hydrogen (secondary N) is 4. The van der Waals surface area contributed by atoms with Crippen molar-refractivity contribution in [3.8, 4) is 0 Å². The minimum atomic E-state index is -1.94. The number of hydrogen-bond donors (Lipinski definition) is 14. The van der Waals surface area contributed by atoms with E-state index in [2.05, 4.69) is 41.3 Å². The van der Waals surface area contributed by atoms with Crippen molar-refractivity contribution in [1.29, 1.82) is 0 Å². The Morgan fingerprint density at radius 1 is 0.478 bits per heavy atom. The molecule has 0 spiro atoms. The summed E-state index contributed by atoms with van der Waals surface area (Å²) in [4.78, 5) is 95.8. The molecule has 33 heteroatoms. The molecule has 387 valence electrons. The standard InChI is InChI=1S/C34H61N9O22.Gd.H2O/c44-16-22(48)33(62)31(60)20(46)9-39-64-18-26(52)37-3-1-35-24(50)11-42(14-29(56)57)7-5-41(13-28(54)55)6-8-43(15-30(58)59)12-25(51)36-2-4-38-27(53)19-65-40-10-21(47)32(61)34(63)23(49)17-45;;/h9-10,20-23,31-34,44-49,60-63H,1-8,11-19H2,(H,35,50)(H,36,51)(H,37,52)(H,38,53)(H,54,55)(H,56,57)(H,58,59);;1H2/q;+3;/p-3/b39-9+,40-10+;;/t20?,21?,22?,23?,31-,32-,33+,34+;;/m0../s1. The summed E-state index contributed by atoms with van der Waals surface area (Å²) in [5.74, 6) is -7.66. The fourth-order valence-corrected chi connectivity index (χ4v) is 4.89. The van der Waals surface area contributed by atoms with E-state index in [-0.39, 0.29) is 97.8 Å². The van der Waals surface area contributed by atoms with E-state index >= 15 is 0 Å². The van der Waals surface area contributed by atoms with Crippen LogP contribution in [0.5, 0.6) is 0 Å². The molecule has 8 atom stereocenters. The van der Waals surface area contributed by atoms with Crippen LogP contribution in [0.3, 0.4) is 0 Å². The second-order valence-corrected chi connectivity index (χ2v) is 13.7. The number of carboxylic acid groups (broad SMARTS) is 3. The van der Waals surface area contributed by atoms with E-state index in [1.165, 1.54) is 4.90 Å². The quantitative estimate of drug-likeness (QED) is 0.0155. The molecule has 4 unspecified atom stereocenters. The largest absolute Gasteiger partial charge is 3.00 e. The first-order chi connectivity index (χ1) is 30.6. The van der Waals surface area contributed by atoms with Gasteiger partial charge < -0.3 is 117 Å². The Bertz CT molecular complexity index is 1420. The molecular weight excluding hydrogens is 1060 g/mol. The van der Waals surface area contributed by atoms with Gasteiger partial charge in [-0.3, -0.25) is 33.9 Å². The molecule has 0 aliphatic heterocycles. The maximum Gasteiger partial charge on any atom is 3.00 e. The molecule has 0 aromatic rings. The SMILES string of the molecule is O.O=C([O-])CN(CCN(CC(=O)[O-])CC(=O)NCCNC(=O)CO/N=C/C(O)[C@H](O)[C@H](O)C(O)CO)CCN(CC(=O)[O-])CC(=O)NCCNC(=O)CO/N=C/C(O)[C@H](O)[C@H](O)C(O)CO.[Gd+3]. The average Bonchev–Trinajstić information content (AvgIpc) is 3.25. The van der Waals surface area contributed by atoms with Crippen LogP contribution in [0, 0.1) is 39.9 Å². The average molecular weight is 1120 g/mol. The molecule has 0 saturated heterocycles. The number of rotatable bonds is 38. The van der Waals surface area contributed by atoms with Gasteiger partial charge in [-0.2, -0.15) is 0 Å². The Labute approximate surface area is 413 Å². The fraction of sp³-hybridized carbons (Fsp3) is 0.735. The van der Waals surface area contributed by atoms with E-state index in [0.29, 0.717) is 12.4 Å². The zero-order chi connectivity index (χ0) is 49.5. The van der Waals surface area contributed by atoms with E-state index in [0.717, 1.165) is 9.80 Å². The molecule has 0 aliphatic carbocycles. The van der Waals surface area contributed by atoms with E-state index < -0.39 is 150 Å². The number of carbonyl (C=O) groups excluding carboxylic acids is 7. The molecular formula is C34H60GdN9O23. The van der Waals surface area contributed by atoms with Gasteiger partial charge in [0.15, 0.2) is 13.2 Å². The molecule has 0 rings (SSSR count). The summed E-state index contributed by atoms with van der Waals surface area (Å²) in [5, 5.41) is 144. The van der Waals surface area contributed by atoms with Gasteiger partial charge in [-0.15, -0.1) is 0 Å². The van der Waals surface area contributed by atoms with Crippen molar-refractivity contribution in [3.63, 3.8) is 0 Å². The maximum atomic E-state index is 12.5. The number of carbonyl (C=O) groups is 7. The Balaban J connectivity index is -0.0000205. The Hall–Kier alpha value is -4.01. The Kier molecular flexibility index (Phi) is 39.1. The smallest absolute Gasteiger partial charge is 0.549 e. The summed E-state index contributed by atoms with van der Waals surface area (Å²) in [6.45, 7) is -7.97. The molecule has 4 amide bonds. The maximum absolute atomic E-state index is 12.5. The summed E-state index contributed by atoms with van der Waals surface area (Å²) in [6, 6.07) is 0. The van der Waals surface area contributed by atoms with Crippen LogP contribution in [0.1, 0.15) is 0 Å². The van der Waals surface area contributed by atoms with Crippen LogP contribution in [0.2, 0.25) is 0 Å². The van der Waals surface area contributed by atoms with Crippen LogP contribution < -0.4 is 36.6 Å². The van der Waals surface area contributed by atoms with Crippen molar-refractivity contribution in [2.75, 3.05) is 112 Å². The molecule has 0 heterocycles. The summed E-state index contributed by atoms with van der Waals surface area (Å²) in [7, 11) is 0. The summed E-state index contributed by atoms with van der Waals surface area (Å²) in [6.07, 6.45) is -13.7. The van der Waals surface area contributed by atoms with Gasteiger partial charge in [0, 0.05) is 72.0 Å². The number of aliphatic carboxylic acids is 3. The number of hydrogen-bond acceptors (Lipinski definition) is 27. The zero-order valence-electron chi connectivity index (χ0n) is 35.8. The van der Waals surface area contributed by atoms with Crippen LogP contribution in [0.15, 0.2) is 10.3 Å². The first kappa shape index (κ1) is 67.3. The molecule has 1 radical (unpaired) electrons.